The summed E-state index contributed by atoms with van der Waals surface area (Å²) in [6.45, 7) is 2.75. The highest BCUT2D eigenvalue weighted by Gasteiger charge is 2.21. The van der Waals surface area contributed by atoms with Gasteiger partial charge in [0.1, 0.15) is 5.75 Å². The molecule has 0 saturated heterocycles. The highest BCUT2D eigenvalue weighted by atomic mass is 16.5. The lowest BCUT2D eigenvalue weighted by atomic mass is 10.1. The lowest BCUT2D eigenvalue weighted by molar-refractivity contribution is 0.251. The predicted octanol–water partition coefficient (Wildman–Crippen LogP) is 4.23. The van der Waals surface area contributed by atoms with Crippen LogP contribution >= 0.6 is 0 Å². The summed E-state index contributed by atoms with van der Waals surface area (Å²) >= 11 is 0. The summed E-state index contributed by atoms with van der Waals surface area (Å²) in [5, 5.41) is 11.7. The van der Waals surface area contributed by atoms with Gasteiger partial charge in [-0.05, 0) is 50.1 Å². The normalized spacial score (nSPS) is 14.0. The number of hydrogen-bond donors (Lipinski definition) is 2. The van der Waals surface area contributed by atoms with E-state index in [1.54, 1.807) is 16.8 Å². The Balaban J connectivity index is 1.51. The molecule has 1 fully saturated rings. The third-order valence-corrected chi connectivity index (χ3v) is 5.42. The molecular weight excluding hydrogens is 380 g/mol. The van der Waals surface area contributed by atoms with Crippen LogP contribution < -0.4 is 20.9 Å². The third-order valence-electron chi connectivity index (χ3n) is 5.42. The molecule has 7 nitrogen and oxygen atoms in total. The van der Waals surface area contributed by atoms with Crippen molar-refractivity contribution in [2.75, 3.05) is 11.9 Å². The summed E-state index contributed by atoms with van der Waals surface area (Å²) in [6.07, 6.45) is 4.17. The molecule has 1 aliphatic rings. The molecule has 2 N–H and O–H groups in total. The van der Waals surface area contributed by atoms with Gasteiger partial charge in [0.25, 0.3) is 5.56 Å². The highest BCUT2D eigenvalue weighted by Crippen LogP contribution is 2.28. The average Bonchev–Trinajstić information content (AvgIpc) is 3.30. The molecule has 0 radical (unpaired) electrons. The van der Waals surface area contributed by atoms with Gasteiger partial charge in [0.15, 0.2) is 0 Å². The maximum absolute atomic E-state index is 12.9. The van der Waals surface area contributed by atoms with Gasteiger partial charge in [0.05, 0.1) is 30.3 Å². The molecular formula is C23H26N4O3. The smallest absolute Gasteiger partial charge is 0.319 e. The van der Waals surface area contributed by atoms with E-state index in [0.29, 0.717) is 23.4 Å². The summed E-state index contributed by atoms with van der Waals surface area (Å²) in [4.78, 5) is 25.3. The Bertz CT molecular complexity index is 1090. The molecule has 1 saturated carbocycles. The number of rotatable bonds is 6. The third kappa shape index (κ3) is 4.30. The van der Waals surface area contributed by atoms with Gasteiger partial charge in [0, 0.05) is 11.1 Å². The van der Waals surface area contributed by atoms with E-state index in [4.69, 9.17) is 4.74 Å². The SMILES string of the molecule is CCOc1ccc(NC(=O)NCc2nn(C3CCCC3)c(=O)c3ccccc23)cc1. The molecule has 2 amide bonds. The van der Waals surface area contributed by atoms with Crippen molar-refractivity contribution in [2.24, 2.45) is 0 Å². The quantitative estimate of drug-likeness (QED) is 0.641. The number of hydrogen-bond acceptors (Lipinski definition) is 4. The second kappa shape index (κ2) is 8.98. The van der Waals surface area contributed by atoms with Gasteiger partial charge in [0.2, 0.25) is 0 Å². The Kier molecular flexibility index (Phi) is 5.97. The molecule has 2 aromatic carbocycles. The zero-order chi connectivity index (χ0) is 20.9. The summed E-state index contributed by atoms with van der Waals surface area (Å²) in [6, 6.07) is 14.5. The Morgan fingerprint density at radius 3 is 2.50 bits per heavy atom. The Morgan fingerprint density at radius 1 is 1.10 bits per heavy atom. The number of amides is 2. The highest BCUT2D eigenvalue weighted by molar-refractivity contribution is 5.90. The molecule has 3 aromatic rings. The van der Waals surface area contributed by atoms with Gasteiger partial charge >= 0.3 is 6.03 Å². The fourth-order valence-electron chi connectivity index (χ4n) is 3.94. The van der Waals surface area contributed by atoms with Crippen LogP contribution in [0.15, 0.2) is 53.3 Å². The average molecular weight is 406 g/mol. The van der Waals surface area contributed by atoms with Crippen molar-refractivity contribution in [3.63, 3.8) is 0 Å². The van der Waals surface area contributed by atoms with Crippen LogP contribution in [0.2, 0.25) is 0 Å². The van der Waals surface area contributed by atoms with E-state index in [2.05, 4.69) is 15.7 Å². The fourth-order valence-corrected chi connectivity index (χ4v) is 3.94. The number of nitrogens with zero attached hydrogens (tertiary/aromatic N) is 2. The Labute approximate surface area is 175 Å². The van der Waals surface area contributed by atoms with Gasteiger partial charge in [-0.1, -0.05) is 31.0 Å². The Hall–Kier alpha value is -3.35. The van der Waals surface area contributed by atoms with E-state index in [0.717, 1.165) is 36.8 Å². The topological polar surface area (TPSA) is 85.2 Å². The first-order valence-corrected chi connectivity index (χ1v) is 10.4. The van der Waals surface area contributed by atoms with Gasteiger partial charge in [-0.2, -0.15) is 5.10 Å². The van der Waals surface area contributed by atoms with Crippen LogP contribution in [0.4, 0.5) is 10.5 Å². The van der Waals surface area contributed by atoms with Crippen molar-refractivity contribution >= 4 is 22.5 Å². The van der Waals surface area contributed by atoms with Crippen molar-refractivity contribution in [1.82, 2.24) is 15.1 Å². The number of carbonyl (C=O) groups is 1. The van der Waals surface area contributed by atoms with Crippen molar-refractivity contribution in [2.45, 2.75) is 45.2 Å². The first kappa shape index (κ1) is 19.9. The van der Waals surface area contributed by atoms with Crippen molar-refractivity contribution in [3.8, 4) is 5.75 Å². The van der Waals surface area contributed by atoms with Crippen LogP contribution in [-0.4, -0.2) is 22.4 Å². The second-order valence-corrected chi connectivity index (χ2v) is 7.45. The van der Waals surface area contributed by atoms with Crippen LogP contribution in [0, 0.1) is 0 Å². The number of carbonyl (C=O) groups excluding carboxylic acids is 1. The van der Waals surface area contributed by atoms with Crippen LogP contribution in [0.5, 0.6) is 5.75 Å². The second-order valence-electron chi connectivity index (χ2n) is 7.45. The fraction of sp³-hybridized carbons (Fsp3) is 0.348. The molecule has 30 heavy (non-hydrogen) atoms. The maximum Gasteiger partial charge on any atom is 0.319 e. The molecule has 0 spiro atoms. The number of urea groups is 1. The van der Waals surface area contributed by atoms with E-state index in [1.807, 2.05) is 43.3 Å². The summed E-state index contributed by atoms with van der Waals surface area (Å²) in [5.74, 6) is 0.758. The van der Waals surface area contributed by atoms with Gasteiger partial charge in [-0.3, -0.25) is 4.79 Å². The minimum Gasteiger partial charge on any atom is -0.494 e. The maximum atomic E-state index is 12.9. The molecule has 1 heterocycles. The lowest BCUT2D eigenvalue weighted by Crippen LogP contribution is -2.32. The van der Waals surface area contributed by atoms with E-state index >= 15 is 0 Å². The molecule has 0 unspecified atom stereocenters. The molecule has 4 rings (SSSR count). The van der Waals surface area contributed by atoms with E-state index < -0.39 is 0 Å². The van der Waals surface area contributed by atoms with Crippen molar-refractivity contribution in [3.05, 3.63) is 64.6 Å². The standard InChI is InChI=1S/C23H26N4O3/c1-2-30-18-13-11-16(12-14-18)25-23(29)24-15-21-19-9-5-6-10-20(19)22(28)27(26-21)17-7-3-4-8-17/h5-6,9-14,17H,2-4,7-8,15H2,1H3,(H2,24,25,29). The monoisotopic (exact) mass is 406 g/mol. The number of aromatic nitrogens is 2. The molecule has 0 aliphatic heterocycles. The molecule has 1 aromatic heterocycles. The first-order valence-electron chi connectivity index (χ1n) is 10.4. The van der Waals surface area contributed by atoms with Gasteiger partial charge < -0.3 is 15.4 Å². The van der Waals surface area contributed by atoms with Crippen molar-refractivity contribution in [1.29, 1.82) is 0 Å². The van der Waals surface area contributed by atoms with E-state index in [-0.39, 0.29) is 24.2 Å². The van der Waals surface area contributed by atoms with E-state index in [9.17, 15) is 9.59 Å². The zero-order valence-electron chi connectivity index (χ0n) is 17.1. The van der Waals surface area contributed by atoms with E-state index in [1.165, 1.54) is 0 Å². The molecule has 156 valence electrons. The number of anilines is 1. The lowest BCUT2D eigenvalue weighted by Gasteiger charge is -2.16. The van der Waals surface area contributed by atoms with Crippen LogP contribution in [0.3, 0.4) is 0 Å². The number of fused-ring (bicyclic) bond motifs is 1. The van der Waals surface area contributed by atoms with Crippen LogP contribution in [0.25, 0.3) is 10.8 Å². The molecule has 1 aliphatic carbocycles. The zero-order valence-corrected chi connectivity index (χ0v) is 17.1. The molecule has 0 bridgehead atoms. The van der Waals surface area contributed by atoms with Crippen molar-refractivity contribution < 1.29 is 9.53 Å². The van der Waals surface area contributed by atoms with Crippen LogP contribution in [0.1, 0.15) is 44.3 Å². The number of nitrogens with one attached hydrogen (secondary N) is 2. The summed E-state index contributed by atoms with van der Waals surface area (Å²) in [5.41, 5.74) is 1.31. The summed E-state index contributed by atoms with van der Waals surface area (Å²) in [7, 11) is 0. The minimum absolute atomic E-state index is 0.0555. The van der Waals surface area contributed by atoms with Gasteiger partial charge in [-0.25, -0.2) is 9.48 Å². The Morgan fingerprint density at radius 2 is 1.80 bits per heavy atom. The van der Waals surface area contributed by atoms with Crippen LogP contribution in [-0.2, 0) is 6.54 Å². The summed E-state index contributed by atoms with van der Waals surface area (Å²) < 4.78 is 7.03. The van der Waals surface area contributed by atoms with Gasteiger partial charge in [-0.15, -0.1) is 0 Å². The first-order chi connectivity index (χ1) is 14.7. The number of ether oxygens (including phenoxy) is 1. The minimum atomic E-state index is -0.330. The molecule has 0 atom stereocenters. The molecule has 7 heteroatoms. The number of benzene rings is 2. The predicted molar refractivity (Wildman–Crippen MR) is 117 cm³/mol. The largest absolute Gasteiger partial charge is 0.494 e.